The molecule has 2 amide bonds. The Morgan fingerprint density at radius 1 is 1.15 bits per heavy atom. The molecule has 0 saturated carbocycles. The van der Waals surface area contributed by atoms with E-state index in [1.165, 1.54) is 12.1 Å². The number of hydrogen-bond acceptors (Lipinski definition) is 3. The second-order valence-corrected chi connectivity index (χ2v) is 6.99. The molecule has 0 unspecified atom stereocenters. The Labute approximate surface area is 152 Å². The first-order valence-electron chi connectivity index (χ1n) is 8.46. The lowest BCUT2D eigenvalue weighted by molar-refractivity contribution is 0.0696. The average molecular weight is 354 g/mol. The highest BCUT2D eigenvalue weighted by Gasteiger charge is 2.31. The van der Waals surface area contributed by atoms with E-state index in [-0.39, 0.29) is 11.6 Å². The van der Waals surface area contributed by atoms with Gasteiger partial charge >= 0.3 is 12.0 Å². The van der Waals surface area contributed by atoms with Gasteiger partial charge in [0.1, 0.15) is 11.4 Å². The minimum Gasteiger partial charge on any atom is -0.486 e. The first-order valence-corrected chi connectivity index (χ1v) is 8.46. The standard InChI is InChI=1S/C20H22N2O4/c1-20(2)13-22(12-16-5-3-4-6-17(16)26-20)19(25)21-11-14-7-9-15(10-8-14)18(23)24/h3-10H,11-13H2,1-2H3,(H,21,25)(H,23,24). The minimum absolute atomic E-state index is 0.180. The molecule has 0 aliphatic carbocycles. The summed E-state index contributed by atoms with van der Waals surface area (Å²) in [4.78, 5) is 25.3. The molecule has 0 atom stereocenters. The fourth-order valence-corrected chi connectivity index (χ4v) is 2.98. The smallest absolute Gasteiger partial charge is 0.335 e. The molecule has 0 bridgehead atoms. The van der Waals surface area contributed by atoms with E-state index in [2.05, 4.69) is 5.32 Å². The maximum absolute atomic E-state index is 12.7. The van der Waals surface area contributed by atoms with E-state index in [1.807, 2.05) is 38.1 Å². The summed E-state index contributed by atoms with van der Waals surface area (Å²) < 4.78 is 6.05. The van der Waals surface area contributed by atoms with Crippen molar-refractivity contribution in [1.82, 2.24) is 10.2 Å². The van der Waals surface area contributed by atoms with Gasteiger partial charge in [-0.15, -0.1) is 0 Å². The molecule has 3 rings (SSSR count). The van der Waals surface area contributed by atoms with E-state index in [1.54, 1.807) is 17.0 Å². The van der Waals surface area contributed by atoms with Crippen molar-refractivity contribution in [1.29, 1.82) is 0 Å². The van der Waals surface area contributed by atoms with Gasteiger partial charge in [-0.2, -0.15) is 0 Å². The van der Waals surface area contributed by atoms with Crippen molar-refractivity contribution in [2.45, 2.75) is 32.5 Å². The van der Waals surface area contributed by atoms with Gasteiger partial charge in [0.15, 0.2) is 0 Å². The summed E-state index contributed by atoms with van der Waals surface area (Å²) in [6.07, 6.45) is 0. The van der Waals surface area contributed by atoms with Crippen molar-refractivity contribution in [3.8, 4) is 5.75 Å². The van der Waals surface area contributed by atoms with Crippen molar-refractivity contribution in [3.63, 3.8) is 0 Å². The van der Waals surface area contributed by atoms with Gasteiger partial charge in [-0.1, -0.05) is 30.3 Å². The third-order valence-corrected chi connectivity index (χ3v) is 4.22. The molecule has 2 N–H and O–H groups in total. The van der Waals surface area contributed by atoms with Crippen LogP contribution in [0.15, 0.2) is 48.5 Å². The van der Waals surface area contributed by atoms with Gasteiger partial charge in [0.05, 0.1) is 18.7 Å². The zero-order chi connectivity index (χ0) is 18.7. The number of hydrogen-bond donors (Lipinski definition) is 2. The normalized spacial score (nSPS) is 15.4. The second-order valence-electron chi connectivity index (χ2n) is 6.99. The van der Waals surface area contributed by atoms with Crippen LogP contribution in [-0.2, 0) is 13.1 Å². The summed E-state index contributed by atoms with van der Waals surface area (Å²) >= 11 is 0. The molecule has 6 heteroatoms. The highest BCUT2D eigenvalue weighted by molar-refractivity contribution is 5.87. The van der Waals surface area contributed by atoms with E-state index in [0.29, 0.717) is 19.6 Å². The third-order valence-electron chi connectivity index (χ3n) is 4.22. The summed E-state index contributed by atoms with van der Waals surface area (Å²) in [5, 5.41) is 11.8. The lowest BCUT2D eigenvalue weighted by Crippen LogP contribution is -2.46. The Hall–Kier alpha value is -3.02. The molecular weight excluding hydrogens is 332 g/mol. The summed E-state index contributed by atoms with van der Waals surface area (Å²) in [6, 6.07) is 14.0. The van der Waals surface area contributed by atoms with E-state index in [9.17, 15) is 9.59 Å². The van der Waals surface area contributed by atoms with Crippen molar-refractivity contribution < 1.29 is 19.4 Å². The van der Waals surface area contributed by atoms with E-state index in [4.69, 9.17) is 9.84 Å². The molecule has 2 aromatic carbocycles. The number of benzene rings is 2. The van der Waals surface area contributed by atoms with Crippen LogP contribution in [0.2, 0.25) is 0 Å². The molecule has 1 heterocycles. The average Bonchev–Trinajstić information content (AvgIpc) is 2.74. The van der Waals surface area contributed by atoms with E-state index in [0.717, 1.165) is 16.9 Å². The third kappa shape index (κ3) is 4.14. The largest absolute Gasteiger partial charge is 0.486 e. The van der Waals surface area contributed by atoms with Gasteiger partial charge in [-0.05, 0) is 37.6 Å². The number of carboxylic acid groups (broad SMARTS) is 1. The van der Waals surface area contributed by atoms with Crippen LogP contribution in [0, 0.1) is 0 Å². The number of carbonyl (C=O) groups is 2. The number of ether oxygens (including phenoxy) is 1. The molecule has 1 aliphatic heterocycles. The predicted octanol–water partition coefficient (Wildman–Crippen LogP) is 3.27. The molecule has 0 fully saturated rings. The minimum atomic E-state index is -0.967. The van der Waals surface area contributed by atoms with Crippen LogP contribution in [0.4, 0.5) is 4.79 Å². The lowest BCUT2D eigenvalue weighted by atomic mass is 10.1. The van der Waals surface area contributed by atoms with Gasteiger partial charge < -0.3 is 20.1 Å². The Morgan fingerprint density at radius 3 is 2.54 bits per heavy atom. The number of urea groups is 1. The van der Waals surface area contributed by atoms with Gasteiger partial charge in [0, 0.05) is 12.1 Å². The zero-order valence-electron chi connectivity index (χ0n) is 14.9. The van der Waals surface area contributed by atoms with Gasteiger partial charge in [0.25, 0.3) is 0 Å². The number of amides is 2. The first-order chi connectivity index (χ1) is 12.3. The fraction of sp³-hybridized carbons (Fsp3) is 0.300. The molecule has 136 valence electrons. The Balaban J connectivity index is 1.68. The highest BCUT2D eigenvalue weighted by atomic mass is 16.5. The number of para-hydroxylation sites is 1. The maximum atomic E-state index is 12.7. The van der Waals surface area contributed by atoms with Crippen LogP contribution in [0.25, 0.3) is 0 Å². The Bertz CT molecular complexity index is 815. The van der Waals surface area contributed by atoms with Gasteiger partial charge in [0.2, 0.25) is 0 Å². The summed E-state index contributed by atoms with van der Waals surface area (Å²) in [6.45, 7) is 5.19. The fourth-order valence-electron chi connectivity index (χ4n) is 2.98. The van der Waals surface area contributed by atoms with Crippen molar-refractivity contribution in [3.05, 3.63) is 65.2 Å². The molecule has 0 aromatic heterocycles. The second kappa shape index (κ2) is 7.07. The van der Waals surface area contributed by atoms with Crippen LogP contribution in [0.1, 0.15) is 35.3 Å². The van der Waals surface area contributed by atoms with Crippen LogP contribution in [0.5, 0.6) is 5.75 Å². The van der Waals surface area contributed by atoms with Gasteiger partial charge in [-0.3, -0.25) is 0 Å². The molecule has 6 nitrogen and oxygen atoms in total. The van der Waals surface area contributed by atoms with Crippen LogP contribution < -0.4 is 10.1 Å². The number of aromatic carboxylic acids is 1. The molecular formula is C20H22N2O4. The van der Waals surface area contributed by atoms with Crippen molar-refractivity contribution in [2.75, 3.05) is 6.54 Å². The van der Waals surface area contributed by atoms with E-state index >= 15 is 0 Å². The SMILES string of the molecule is CC1(C)CN(C(=O)NCc2ccc(C(=O)O)cc2)Cc2ccccc2O1. The molecule has 2 aromatic rings. The molecule has 26 heavy (non-hydrogen) atoms. The van der Waals surface area contributed by atoms with Crippen LogP contribution in [0.3, 0.4) is 0 Å². The summed E-state index contributed by atoms with van der Waals surface area (Å²) in [7, 11) is 0. The summed E-state index contributed by atoms with van der Waals surface area (Å²) in [5.74, 6) is -0.164. The number of nitrogens with zero attached hydrogens (tertiary/aromatic N) is 1. The number of carbonyl (C=O) groups excluding carboxylic acids is 1. The van der Waals surface area contributed by atoms with Crippen LogP contribution in [-0.4, -0.2) is 34.2 Å². The Morgan fingerprint density at radius 2 is 1.85 bits per heavy atom. The molecule has 0 radical (unpaired) electrons. The van der Waals surface area contributed by atoms with Crippen molar-refractivity contribution in [2.24, 2.45) is 0 Å². The topological polar surface area (TPSA) is 78.9 Å². The van der Waals surface area contributed by atoms with E-state index < -0.39 is 11.6 Å². The highest BCUT2D eigenvalue weighted by Crippen LogP contribution is 2.29. The first kappa shape index (κ1) is 17.8. The lowest BCUT2D eigenvalue weighted by Gasteiger charge is -2.29. The van der Waals surface area contributed by atoms with Crippen molar-refractivity contribution >= 4 is 12.0 Å². The van der Waals surface area contributed by atoms with Crippen LogP contribution >= 0.6 is 0 Å². The number of rotatable bonds is 3. The Kier molecular flexibility index (Phi) is 4.84. The quantitative estimate of drug-likeness (QED) is 0.887. The molecule has 0 spiro atoms. The zero-order valence-corrected chi connectivity index (χ0v) is 14.9. The predicted molar refractivity (Wildman–Crippen MR) is 97.2 cm³/mol. The number of nitrogens with one attached hydrogen (secondary N) is 1. The molecule has 0 saturated heterocycles. The molecule has 1 aliphatic rings. The number of carboxylic acids is 1. The summed E-state index contributed by atoms with van der Waals surface area (Å²) in [5.41, 5.74) is 1.55. The number of fused-ring (bicyclic) bond motifs is 1. The van der Waals surface area contributed by atoms with Gasteiger partial charge in [-0.25, -0.2) is 9.59 Å². The monoisotopic (exact) mass is 354 g/mol. The maximum Gasteiger partial charge on any atom is 0.335 e.